The minimum Gasteiger partial charge on any atom is -0.459 e. The molecule has 0 bridgehead atoms. The molecule has 6 nitrogen and oxygen atoms in total. The second-order valence-corrected chi connectivity index (χ2v) is 11.6. The van der Waals surface area contributed by atoms with Crippen LogP contribution in [0.3, 0.4) is 0 Å². The number of esters is 1. The lowest BCUT2D eigenvalue weighted by Gasteiger charge is -2.19. The number of Topliss-reactive ketones (excluding diaryl/α,β-unsaturated/α-hetero) is 1. The highest BCUT2D eigenvalue weighted by Gasteiger charge is 2.27. The zero-order valence-corrected chi connectivity index (χ0v) is 23.6. The van der Waals surface area contributed by atoms with E-state index in [4.69, 9.17) is 9.72 Å². The first-order valence-electron chi connectivity index (χ1n) is 12.5. The molecule has 0 radical (unpaired) electrons. The minimum atomic E-state index is -0.573. The number of carbonyl (C=O) groups is 3. The van der Waals surface area contributed by atoms with E-state index in [9.17, 15) is 14.4 Å². The largest absolute Gasteiger partial charge is 0.459 e. The number of nitrogens with zero attached hydrogens (tertiary/aromatic N) is 1. The molecule has 0 fully saturated rings. The third kappa shape index (κ3) is 5.53. The number of amides is 1. The zero-order chi connectivity index (χ0) is 27.8. The molecule has 7 heteroatoms. The van der Waals surface area contributed by atoms with Crippen LogP contribution in [0, 0.1) is 6.92 Å². The number of ketones is 1. The average molecular weight is 529 g/mol. The van der Waals surface area contributed by atoms with Crippen molar-refractivity contribution in [3.63, 3.8) is 0 Å². The molecule has 0 saturated carbocycles. The number of benzene rings is 2. The van der Waals surface area contributed by atoms with Gasteiger partial charge in [-0.2, -0.15) is 0 Å². The Labute approximate surface area is 227 Å². The summed E-state index contributed by atoms with van der Waals surface area (Å²) in [6.45, 7) is 13.1. The number of hydrogen-bond acceptors (Lipinski definition) is 6. The van der Waals surface area contributed by atoms with Crippen LogP contribution in [-0.4, -0.2) is 28.7 Å². The predicted octanol–water partition coefficient (Wildman–Crippen LogP) is 7.59. The Morgan fingerprint density at radius 3 is 2.26 bits per heavy atom. The summed E-state index contributed by atoms with van der Waals surface area (Å²) >= 11 is 1.08. The SMILES string of the molecule is CC(=O)c1sc(NC(=O)c2cc(-c3ccc(C(C)(C)C)cc3)nc3ccccc23)c(C(=O)OC(C)C)c1C. The normalized spacial score (nSPS) is 11.6. The van der Waals surface area contributed by atoms with Crippen molar-refractivity contribution >= 4 is 44.9 Å². The molecule has 2 aromatic heterocycles. The first-order chi connectivity index (χ1) is 17.9. The van der Waals surface area contributed by atoms with Gasteiger partial charge in [-0.1, -0.05) is 63.2 Å². The molecule has 0 aliphatic heterocycles. The fourth-order valence-electron chi connectivity index (χ4n) is 4.28. The zero-order valence-electron chi connectivity index (χ0n) is 22.8. The maximum absolute atomic E-state index is 13.7. The Bertz CT molecular complexity index is 1540. The fraction of sp³-hybridized carbons (Fsp3) is 0.290. The lowest BCUT2D eigenvalue weighted by molar-refractivity contribution is 0.0379. The van der Waals surface area contributed by atoms with Crippen molar-refractivity contribution in [3.8, 4) is 11.3 Å². The molecule has 0 spiro atoms. The van der Waals surface area contributed by atoms with E-state index in [0.717, 1.165) is 16.9 Å². The Morgan fingerprint density at radius 2 is 1.66 bits per heavy atom. The molecule has 2 heterocycles. The number of anilines is 1. The van der Waals surface area contributed by atoms with Crippen molar-refractivity contribution in [1.29, 1.82) is 0 Å². The Hall–Kier alpha value is -3.84. The topological polar surface area (TPSA) is 85.4 Å². The molecule has 1 N–H and O–H groups in total. The van der Waals surface area contributed by atoms with E-state index >= 15 is 0 Å². The highest BCUT2D eigenvalue weighted by Crippen LogP contribution is 2.35. The number of hydrogen-bond donors (Lipinski definition) is 1. The fourth-order valence-corrected chi connectivity index (χ4v) is 5.36. The van der Waals surface area contributed by atoms with E-state index in [2.05, 4.69) is 38.2 Å². The van der Waals surface area contributed by atoms with E-state index in [1.54, 1.807) is 26.8 Å². The molecule has 0 aliphatic rings. The Kier molecular flexibility index (Phi) is 7.51. The number of rotatable bonds is 6. The average Bonchev–Trinajstić information content (AvgIpc) is 3.18. The van der Waals surface area contributed by atoms with Crippen LogP contribution >= 0.6 is 11.3 Å². The summed E-state index contributed by atoms with van der Waals surface area (Å²) in [5, 5.41) is 3.87. The van der Waals surface area contributed by atoms with Crippen molar-refractivity contribution in [2.45, 2.75) is 60.0 Å². The van der Waals surface area contributed by atoms with Gasteiger partial charge in [0.25, 0.3) is 5.91 Å². The number of fused-ring (bicyclic) bond motifs is 1. The highest BCUT2D eigenvalue weighted by atomic mass is 32.1. The summed E-state index contributed by atoms with van der Waals surface area (Å²) in [5.74, 6) is -1.15. The number of ether oxygens (including phenoxy) is 1. The van der Waals surface area contributed by atoms with Gasteiger partial charge >= 0.3 is 5.97 Å². The van der Waals surface area contributed by atoms with Crippen LogP contribution in [0.25, 0.3) is 22.2 Å². The van der Waals surface area contributed by atoms with Crippen molar-refractivity contribution in [2.75, 3.05) is 5.32 Å². The van der Waals surface area contributed by atoms with Crippen LogP contribution < -0.4 is 5.32 Å². The third-order valence-electron chi connectivity index (χ3n) is 6.25. The van der Waals surface area contributed by atoms with Gasteiger partial charge in [-0.05, 0) is 56.4 Å². The van der Waals surface area contributed by atoms with Crippen LogP contribution in [0.1, 0.15) is 83.1 Å². The summed E-state index contributed by atoms with van der Waals surface area (Å²) in [5.41, 5.74) is 4.60. The molecule has 2 aromatic carbocycles. The van der Waals surface area contributed by atoms with Gasteiger partial charge in [-0.3, -0.25) is 9.59 Å². The van der Waals surface area contributed by atoms with Gasteiger partial charge in [0.1, 0.15) is 5.00 Å². The van der Waals surface area contributed by atoms with Gasteiger partial charge in [0.05, 0.1) is 33.3 Å². The molecule has 0 unspecified atom stereocenters. The summed E-state index contributed by atoms with van der Waals surface area (Å²) in [6, 6.07) is 17.4. The van der Waals surface area contributed by atoms with E-state index in [1.807, 2.05) is 36.4 Å². The monoisotopic (exact) mass is 528 g/mol. The summed E-state index contributed by atoms with van der Waals surface area (Å²) in [6.07, 6.45) is -0.345. The van der Waals surface area contributed by atoms with E-state index in [1.165, 1.54) is 12.5 Å². The van der Waals surface area contributed by atoms with Gasteiger partial charge in [0.2, 0.25) is 0 Å². The number of para-hydroxylation sites is 1. The van der Waals surface area contributed by atoms with Crippen LogP contribution in [0.15, 0.2) is 54.6 Å². The molecule has 0 saturated heterocycles. The molecule has 38 heavy (non-hydrogen) atoms. The van der Waals surface area contributed by atoms with Crippen LogP contribution in [0.4, 0.5) is 5.00 Å². The number of nitrogens with one attached hydrogen (secondary N) is 1. The lowest BCUT2D eigenvalue weighted by atomic mass is 9.86. The van der Waals surface area contributed by atoms with Gasteiger partial charge in [0, 0.05) is 10.9 Å². The van der Waals surface area contributed by atoms with E-state index in [0.29, 0.717) is 37.6 Å². The van der Waals surface area contributed by atoms with Crippen molar-refractivity contribution in [1.82, 2.24) is 4.98 Å². The first-order valence-corrected chi connectivity index (χ1v) is 13.4. The number of aromatic nitrogens is 1. The summed E-state index contributed by atoms with van der Waals surface area (Å²) in [4.78, 5) is 44.1. The third-order valence-corrected chi connectivity index (χ3v) is 7.56. The predicted molar refractivity (Wildman–Crippen MR) is 153 cm³/mol. The maximum Gasteiger partial charge on any atom is 0.341 e. The van der Waals surface area contributed by atoms with E-state index < -0.39 is 11.9 Å². The second-order valence-electron chi connectivity index (χ2n) is 10.6. The number of carbonyl (C=O) groups excluding carboxylic acids is 3. The summed E-state index contributed by atoms with van der Waals surface area (Å²) in [7, 11) is 0. The minimum absolute atomic E-state index is 0.0202. The molecule has 0 atom stereocenters. The lowest BCUT2D eigenvalue weighted by Crippen LogP contribution is -2.17. The van der Waals surface area contributed by atoms with E-state index in [-0.39, 0.29) is 22.9 Å². The van der Waals surface area contributed by atoms with Gasteiger partial charge < -0.3 is 10.1 Å². The van der Waals surface area contributed by atoms with Crippen LogP contribution in [0.5, 0.6) is 0 Å². The maximum atomic E-state index is 13.7. The Morgan fingerprint density at radius 1 is 1.00 bits per heavy atom. The van der Waals surface area contributed by atoms with Crippen molar-refractivity contribution in [3.05, 3.63) is 81.7 Å². The Balaban J connectivity index is 1.79. The molecule has 1 amide bonds. The summed E-state index contributed by atoms with van der Waals surface area (Å²) < 4.78 is 5.41. The second kappa shape index (κ2) is 10.5. The molecule has 4 rings (SSSR count). The standard InChI is InChI=1S/C31H32N2O4S/c1-17(2)37-30(36)26-18(3)27(19(4)34)38-29(26)33-28(35)23-16-25(32-24-11-9-8-10-22(23)24)20-12-14-21(15-13-20)31(5,6)7/h8-17H,1-7H3,(H,33,35). The number of pyridine rings is 1. The first kappa shape index (κ1) is 27.2. The van der Waals surface area contributed by atoms with Gasteiger partial charge in [0.15, 0.2) is 5.78 Å². The van der Waals surface area contributed by atoms with Gasteiger partial charge in [-0.25, -0.2) is 9.78 Å². The van der Waals surface area contributed by atoms with Crippen LogP contribution in [-0.2, 0) is 10.2 Å². The van der Waals surface area contributed by atoms with Crippen LogP contribution in [0.2, 0.25) is 0 Å². The number of thiophene rings is 1. The molecular weight excluding hydrogens is 496 g/mol. The smallest absolute Gasteiger partial charge is 0.341 e. The van der Waals surface area contributed by atoms with Gasteiger partial charge in [-0.15, -0.1) is 11.3 Å². The molecule has 0 aliphatic carbocycles. The molecular formula is C31H32N2O4S. The van der Waals surface area contributed by atoms with Crippen molar-refractivity contribution in [2.24, 2.45) is 0 Å². The highest BCUT2D eigenvalue weighted by molar-refractivity contribution is 7.18. The quantitative estimate of drug-likeness (QED) is 0.206. The molecule has 196 valence electrons. The van der Waals surface area contributed by atoms with Crippen molar-refractivity contribution < 1.29 is 19.1 Å². The molecule has 4 aromatic rings.